The molecule has 2 N–H and O–H groups in total. The van der Waals surface area contributed by atoms with E-state index >= 15 is 0 Å². The number of aromatic nitrogens is 1. The van der Waals surface area contributed by atoms with Crippen molar-refractivity contribution in [3.05, 3.63) is 11.1 Å². The minimum atomic E-state index is -1.51. The lowest BCUT2D eigenvalue weighted by Crippen LogP contribution is -2.21. The molecule has 0 saturated carbocycles. The molecule has 64 valence electrons. The van der Waals surface area contributed by atoms with Crippen LogP contribution in [0.3, 0.4) is 0 Å². The fraction of sp³-hybridized carbons (Fsp3) is 0.167. The van der Waals surface area contributed by atoms with Crippen molar-refractivity contribution < 1.29 is 14.7 Å². The Morgan fingerprint density at radius 3 is 2.75 bits per heavy atom. The maximum atomic E-state index is 10.6. The normalized spacial score (nSPS) is 9.42. The lowest BCUT2D eigenvalue weighted by molar-refractivity contribution is -0.147. The molecule has 6 heteroatoms. The van der Waals surface area contributed by atoms with Gasteiger partial charge in [0.15, 0.2) is 5.13 Å². The molecule has 0 unspecified atom stereocenters. The highest BCUT2D eigenvalue weighted by Gasteiger charge is 2.12. The van der Waals surface area contributed by atoms with E-state index in [0.717, 1.165) is 4.88 Å². The van der Waals surface area contributed by atoms with Crippen molar-refractivity contribution >= 4 is 28.3 Å². The Labute approximate surface area is 72.1 Å². The first kappa shape index (κ1) is 8.66. The van der Waals surface area contributed by atoms with E-state index in [4.69, 9.17) is 5.11 Å². The highest BCUT2D eigenvalue weighted by molar-refractivity contribution is 7.15. The Kier molecular flexibility index (Phi) is 2.39. The van der Waals surface area contributed by atoms with Gasteiger partial charge in [0.05, 0.1) is 0 Å². The average molecular weight is 186 g/mol. The Morgan fingerprint density at radius 2 is 2.33 bits per heavy atom. The van der Waals surface area contributed by atoms with Gasteiger partial charge in [-0.25, -0.2) is 9.78 Å². The van der Waals surface area contributed by atoms with Crippen molar-refractivity contribution in [1.82, 2.24) is 4.98 Å². The van der Waals surface area contributed by atoms with E-state index in [9.17, 15) is 9.59 Å². The van der Waals surface area contributed by atoms with E-state index < -0.39 is 11.9 Å². The van der Waals surface area contributed by atoms with Gasteiger partial charge in [0.2, 0.25) is 0 Å². The van der Waals surface area contributed by atoms with Crippen LogP contribution in [0.5, 0.6) is 0 Å². The van der Waals surface area contributed by atoms with Crippen molar-refractivity contribution in [2.45, 2.75) is 6.92 Å². The number of hydrogen-bond donors (Lipinski definition) is 2. The van der Waals surface area contributed by atoms with Crippen molar-refractivity contribution in [2.24, 2.45) is 0 Å². The summed E-state index contributed by atoms with van der Waals surface area (Å²) in [7, 11) is 0. The second kappa shape index (κ2) is 3.31. The van der Waals surface area contributed by atoms with Crippen molar-refractivity contribution in [2.75, 3.05) is 5.32 Å². The molecule has 0 aliphatic heterocycles. The van der Waals surface area contributed by atoms with Gasteiger partial charge in [-0.15, -0.1) is 11.3 Å². The van der Waals surface area contributed by atoms with Crippen LogP contribution in [0.4, 0.5) is 5.13 Å². The number of carboxylic acid groups (broad SMARTS) is 1. The molecule has 0 saturated heterocycles. The van der Waals surface area contributed by atoms with E-state index in [1.165, 1.54) is 11.3 Å². The standard InChI is InChI=1S/C6H6N2O3S/c1-3-2-7-6(12-3)8-4(9)5(10)11/h2H,1H3,(H,10,11)(H,7,8,9). The van der Waals surface area contributed by atoms with Crippen LogP contribution in [-0.4, -0.2) is 22.0 Å². The first-order valence-electron chi connectivity index (χ1n) is 3.06. The molecule has 0 aliphatic rings. The quantitative estimate of drug-likeness (QED) is 0.625. The van der Waals surface area contributed by atoms with Gasteiger partial charge in [0, 0.05) is 11.1 Å². The number of carbonyl (C=O) groups is 2. The molecule has 0 bridgehead atoms. The van der Waals surface area contributed by atoms with E-state index in [1.54, 1.807) is 6.20 Å². The fourth-order valence-electron chi connectivity index (χ4n) is 0.563. The molecule has 5 nitrogen and oxygen atoms in total. The Hall–Kier alpha value is -1.43. The number of thiazole rings is 1. The minimum Gasteiger partial charge on any atom is -0.474 e. The molecular weight excluding hydrogens is 180 g/mol. The Balaban J connectivity index is 2.64. The second-order valence-corrected chi connectivity index (χ2v) is 3.27. The topological polar surface area (TPSA) is 79.3 Å². The third kappa shape index (κ3) is 2.03. The van der Waals surface area contributed by atoms with E-state index in [-0.39, 0.29) is 0 Å². The zero-order valence-corrected chi connectivity index (χ0v) is 7.01. The summed E-state index contributed by atoms with van der Waals surface area (Å²) in [5.41, 5.74) is 0. The molecule has 0 radical (unpaired) electrons. The summed E-state index contributed by atoms with van der Waals surface area (Å²) < 4.78 is 0. The van der Waals surface area contributed by atoms with E-state index in [2.05, 4.69) is 10.3 Å². The van der Waals surface area contributed by atoms with Crippen molar-refractivity contribution in [3.63, 3.8) is 0 Å². The molecule has 12 heavy (non-hydrogen) atoms. The summed E-state index contributed by atoms with van der Waals surface area (Å²) in [5.74, 6) is -2.58. The number of nitrogens with one attached hydrogen (secondary N) is 1. The van der Waals surface area contributed by atoms with Crippen molar-refractivity contribution in [3.8, 4) is 0 Å². The predicted octanol–water partition coefficient (Wildman–Crippen LogP) is 0.475. The highest BCUT2D eigenvalue weighted by atomic mass is 32.1. The largest absolute Gasteiger partial charge is 0.474 e. The zero-order valence-electron chi connectivity index (χ0n) is 6.20. The molecule has 1 amide bonds. The lowest BCUT2D eigenvalue weighted by Gasteiger charge is -1.93. The van der Waals surface area contributed by atoms with Gasteiger partial charge < -0.3 is 5.11 Å². The molecule has 0 spiro atoms. The summed E-state index contributed by atoms with van der Waals surface area (Å²) in [6, 6.07) is 0. The molecular formula is C6H6N2O3S. The van der Waals surface area contributed by atoms with Gasteiger partial charge in [-0.05, 0) is 6.92 Å². The van der Waals surface area contributed by atoms with Crippen molar-refractivity contribution in [1.29, 1.82) is 0 Å². The number of carbonyl (C=O) groups excluding carboxylic acids is 1. The molecule has 1 aromatic rings. The molecule has 0 atom stereocenters. The Morgan fingerprint density at radius 1 is 1.67 bits per heavy atom. The Bertz CT molecular complexity index is 320. The molecule has 1 aromatic heterocycles. The van der Waals surface area contributed by atoms with E-state index in [0.29, 0.717) is 5.13 Å². The lowest BCUT2D eigenvalue weighted by atomic mass is 10.6. The van der Waals surface area contributed by atoms with Gasteiger partial charge >= 0.3 is 11.9 Å². The summed E-state index contributed by atoms with van der Waals surface area (Å²) >= 11 is 1.23. The van der Waals surface area contributed by atoms with Gasteiger partial charge in [-0.1, -0.05) is 0 Å². The average Bonchev–Trinajstić information content (AvgIpc) is 2.35. The van der Waals surface area contributed by atoms with Crippen LogP contribution in [0.1, 0.15) is 4.88 Å². The molecule has 0 fully saturated rings. The van der Waals surface area contributed by atoms with Crippen LogP contribution in [-0.2, 0) is 9.59 Å². The number of aryl methyl sites for hydroxylation is 1. The monoisotopic (exact) mass is 186 g/mol. The van der Waals surface area contributed by atoms with E-state index in [1.807, 2.05) is 6.92 Å². The number of aliphatic carboxylic acids is 1. The van der Waals surface area contributed by atoms with Gasteiger partial charge in [-0.2, -0.15) is 0 Å². The van der Waals surface area contributed by atoms with Crippen LogP contribution in [0.25, 0.3) is 0 Å². The summed E-state index contributed by atoms with van der Waals surface area (Å²) in [4.78, 5) is 25.3. The summed E-state index contributed by atoms with van der Waals surface area (Å²) in [6.45, 7) is 1.81. The second-order valence-electron chi connectivity index (χ2n) is 2.04. The first-order valence-corrected chi connectivity index (χ1v) is 3.88. The number of hydrogen-bond acceptors (Lipinski definition) is 4. The molecule has 1 rings (SSSR count). The van der Waals surface area contributed by atoms with Crippen LogP contribution >= 0.6 is 11.3 Å². The first-order chi connectivity index (χ1) is 5.59. The maximum absolute atomic E-state index is 10.6. The van der Waals surface area contributed by atoms with Gasteiger partial charge in [-0.3, -0.25) is 10.1 Å². The number of carboxylic acids is 1. The third-order valence-corrected chi connectivity index (χ3v) is 1.86. The number of nitrogens with zero attached hydrogens (tertiary/aromatic N) is 1. The smallest absolute Gasteiger partial charge is 0.394 e. The van der Waals surface area contributed by atoms with Crippen LogP contribution in [0.15, 0.2) is 6.20 Å². The maximum Gasteiger partial charge on any atom is 0.394 e. The summed E-state index contributed by atoms with van der Waals surface area (Å²) in [5, 5.41) is 10.7. The number of amides is 1. The van der Waals surface area contributed by atoms with Gasteiger partial charge in [0.25, 0.3) is 0 Å². The summed E-state index contributed by atoms with van der Waals surface area (Å²) in [6.07, 6.45) is 1.56. The number of rotatable bonds is 1. The zero-order chi connectivity index (χ0) is 9.14. The van der Waals surface area contributed by atoms with Crippen LogP contribution < -0.4 is 5.32 Å². The molecule has 0 aromatic carbocycles. The highest BCUT2D eigenvalue weighted by Crippen LogP contribution is 2.15. The fourth-order valence-corrected chi connectivity index (χ4v) is 1.22. The van der Waals surface area contributed by atoms with Crippen LogP contribution in [0.2, 0.25) is 0 Å². The van der Waals surface area contributed by atoms with Crippen LogP contribution in [0, 0.1) is 6.92 Å². The molecule has 0 aliphatic carbocycles. The number of anilines is 1. The minimum absolute atomic E-state index is 0.305. The SMILES string of the molecule is Cc1cnc(NC(=O)C(=O)O)s1. The predicted molar refractivity (Wildman–Crippen MR) is 43.1 cm³/mol. The third-order valence-electron chi connectivity index (χ3n) is 1.04. The molecule has 1 heterocycles. The van der Waals surface area contributed by atoms with Gasteiger partial charge in [0.1, 0.15) is 0 Å².